The summed E-state index contributed by atoms with van der Waals surface area (Å²) in [4.78, 5) is 2.38. The van der Waals surface area contributed by atoms with Crippen LogP contribution in [-0.4, -0.2) is 20.1 Å². The van der Waals surface area contributed by atoms with Gasteiger partial charge in [0.05, 0.1) is 0 Å². The maximum atomic E-state index is 6.16. The maximum Gasteiger partial charge on any atom is 0.0426 e. The van der Waals surface area contributed by atoms with Gasteiger partial charge in [-0.1, -0.05) is 37.4 Å². The molecule has 0 aliphatic heterocycles. The zero-order valence-corrected chi connectivity index (χ0v) is 12.8. The van der Waals surface area contributed by atoms with Crippen LogP contribution in [0, 0.1) is 5.92 Å². The van der Waals surface area contributed by atoms with Crippen LogP contribution in [0.1, 0.15) is 38.2 Å². The van der Waals surface area contributed by atoms with E-state index in [4.69, 9.17) is 11.6 Å². The zero-order chi connectivity index (χ0) is 13.7. The average molecular weight is 281 g/mol. The average Bonchev–Trinajstić information content (AvgIpc) is 2.90. The first-order valence-electron chi connectivity index (χ1n) is 7.41. The molecule has 1 aromatic rings. The van der Waals surface area contributed by atoms with Crippen LogP contribution < -0.4 is 10.2 Å². The number of nitrogens with one attached hydrogen (secondary N) is 1. The Balaban J connectivity index is 2.08. The van der Waals surface area contributed by atoms with Gasteiger partial charge in [-0.3, -0.25) is 0 Å². The van der Waals surface area contributed by atoms with Crippen LogP contribution in [0.4, 0.5) is 5.69 Å². The van der Waals surface area contributed by atoms with Gasteiger partial charge in [0.25, 0.3) is 0 Å². The molecule has 1 saturated carbocycles. The minimum Gasteiger partial charge on any atom is -0.374 e. The van der Waals surface area contributed by atoms with E-state index in [1.165, 1.54) is 36.9 Å². The molecule has 0 aromatic heterocycles. The lowest BCUT2D eigenvalue weighted by molar-refractivity contribution is 0.546. The van der Waals surface area contributed by atoms with Gasteiger partial charge in [0.2, 0.25) is 0 Å². The van der Waals surface area contributed by atoms with E-state index in [1.807, 2.05) is 6.07 Å². The lowest BCUT2D eigenvalue weighted by Gasteiger charge is -2.26. The Hall–Kier alpha value is -0.730. The van der Waals surface area contributed by atoms with Crippen molar-refractivity contribution in [2.45, 2.75) is 39.2 Å². The van der Waals surface area contributed by atoms with Crippen molar-refractivity contribution in [1.29, 1.82) is 0 Å². The molecule has 1 aromatic carbocycles. The van der Waals surface area contributed by atoms with Gasteiger partial charge in [-0.15, -0.1) is 0 Å². The number of nitrogens with zero attached hydrogens (tertiary/aromatic N) is 1. The van der Waals surface area contributed by atoms with Crippen LogP contribution in [0.25, 0.3) is 0 Å². The molecule has 0 atom stereocenters. The first kappa shape index (κ1) is 14.7. The van der Waals surface area contributed by atoms with Gasteiger partial charge < -0.3 is 10.2 Å². The highest BCUT2D eigenvalue weighted by Crippen LogP contribution is 2.29. The van der Waals surface area contributed by atoms with Crippen molar-refractivity contribution in [3.05, 3.63) is 28.8 Å². The molecule has 1 fully saturated rings. The predicted octanol–water partition coefficient (Wildman–Crippen LogP) is 4.08. The molecule has 1 aliphatic carbocycles. The van der Waals surface area contributed by atoms with Crippen LogP contribution in [0.5, 0.6) is 0 Å². The fourth-order valence-corrected chi connectivity index (χ4v) is 3.15. The van der Waals surface area contributed by atoms with Crippen LogP contribution in [-0.2, 0) is 6.54 Å². The van der Waals surface area contributed by atoms with Gasteiger partial charge >= 0.3 is 0 Å². The van der Waals surface area contributed by atoms with E-state index in [1.54, 1.807) is 0 Å². The van der Waals surface area contributed by atoms with Crippen molar-refractivity contribution in [2.75, 3.05) is 25.0 Å². The molecule has 0 spiro atoms. The summed E-state index contributed by atoms with van der Waals surface area (Å²) in [5.74, 6) is 0.857. The highest BCUT2D eigenvalue weighted by atomic mass is 35.5. The van der Waals surface area contributed by atoms with Gasteiger partial charge in [-0.25, -0.2) is 0 Å². The summed E-state index contributed by atoms with van der Waals surface area (Å²) in [5, 5.41) is 4.23. The number of benzene rings is 1. The summed E-state index contributed by atoms with van der Waals surface area (Å²) < 4.78 is 0. The third kappa shape index (κ3) is 4.12. The van der Waals surface area contributed by atoms with Crippen LogP contribution in [0.2, 0.25) is 5.02 Å². The van der Waals surface area contributed by atoms with Gasteiger partial charge in [-0.05, 0) is 43.0 Å². The highest BCUT2D eigenvalue weighted by molar-refractivity contribution is 6.30. The van der Waals surface area contributed by atoms with E-state index >= 15 is 0 Å². The predicted molar refractivity (Wildman–Crippen MR) is 84.1 cm³/mol. The molecule has 0 radical (unpaired) electrons. The molecule has 106 valence electrons. The molecular weight excluding hydrogens is 256 g/mol. The second kappa shape index (κ2) is 7.16. The van der Waals surface area contributed by atoms with Crippen molar-refractivity contribution in [2.24, 2.45) is 5.92 Å². The second-order valence-corrected chi connectivity index (χ2v) is 6.02. The summed E-state index contributed by atoms with van der Waals surface area (Å²) >= 11 is 6.16. The van der Waals surface area contributed by atoms with E-state index in [-0.39, 0.29) is 0 Å². The van der Waals surface area contributed by atoms with E-state index in [0.29, 0.717) is 0 Å². The van der Waals surface area contributed by atoms with E-state index in [0.717, 1.165) is 30.6 Å². The number of halogens is 1. The number of anilines is 1. The molecule has 3 heteroatoms. The molecule has 2 rings (SSSR count). The first-order valence-corrected chi connectivity index (χ1v) is 7.78. The van der Waals surface area contributed by atoms with Crippen LogP contribution >= 0.6 is 11.6 Å². The van der Waals surface area contributed by atoms with Crippen molar-refractivity contribution in [3.63, 3.8) is 0 Å². The first-order chi connectivity index (χ1) is 9.20. The largest absolute Gasteiger partial charge is 0.374 e. The maximum absolute atomic E-state index is 6.16. The summed E-state index contributed by atoms with van der Waals surface area (Å²) in [7, 11) is 2.19. The van der Waals surface area contributed by atoms with Crippen molar-refractivity contribution in [1.82, 2.24) is 5.32 Å². The number of rotatable bonds is 6. The van der Waals surface area contributed by atoms with Gasteiger partial charge in [0.15, 0.2) is 0 Å². The molecule has 0 amide bonds. The summed E-state index contributed by atoms with van der Waals surface area (Å²) in [6.45, 7) is 5.20. The van der Waals surface area contributed by atoms with Gasteiger partial charge in [-0.2, -0.15) is 0 Å². The minimum atomic E-state index is 0.827. The molecular formula is C16H25ClN2. The molecule has 19 heavy (non-hydrogen) atoms. The second-order valence-electron chi connectivity index (χ2n) is 5.58. The van der Waals surface area contributed by atoms with Crippen LogP contribution in [0.15, 0.2) is 18.2 Å². The molecule has 1 N–H and O–H groups in total. The topological polar surface area (TPSA) is 15.3 Å². The Morgan fingerprint density at radius 3 is 2.74 bits per heavy atom. The highest BCUT2D eigenvalue weighted by Gasteiger charge is 2.18. The van der Waals surface area contributed by atoms with Crippen molar-refractivity contribution >= 4 is 17.3 Å². The molecule has 0 saturated heterocycles. The smallest absolute Gasteiger partial charge is 0.0426 e. The SMILES string of the molecule is CCNCc1ccc(Cl)cc1N(C)CC1CCCC1. The Labute approximate surface area is 122 Å². The van der Waals surface area contributed by atoms with E-state index in [9.17, 15) is 0 Å². The molecule has 1 aliphatic rings. The van der Waals surface area contributed by atoms with E-state index < -0.39 is 0 Å². The number of hydrogen-bond donors (Lipinski definition) is 1. The molecule has 2 nitrogen and oxygen atoms in total. The Bertz CT molecular complexity index is 400. The lowest BCUT2D eigenvalue weighted by Crippen LogP contribution is -2.26. The van der Waals surface area contributed by atoms with Gasteiger partial charge in [0, 0.05) is 30.8 Å². The fourth-order valence-electron chi connectivity index (χ4n) is 2.98. The fraction of sp³-hybridized carbons (Fsp3) is 0.625. The summed E-state index contributed by atoms with van der Waals surface area (Å²) in [6, 6.07) is 6.23. The summed E-state index contributed by atoms with van der Waals surface area (Å²) in [5.41, 5.74) is 2.62. The molecule has 0 heterocycles. The monoisotopic (exact) mass is 280 g/mol. The Kier molecular flexibility index (Phi) is 5.53. The lowest BCUT2D eigenvalue weighted by atomic mass is 10.1. The normalized spacial score (nSPS) is 15.9. The van der Waals surface area contributed by atoms with Crippen LogP contribution in [0.3, 0.4) is 0 Å². The molecule has 0 bridgehead atoms. The number of hydrogen-bond acceptors (Lipinski definition) is 2. The van der Waals surface area contributed by atoms with Crippen molar-refractivity contribution < 1.29 is 0 Å². The quantitative estimate of drug-likeness (QED) is 0.845. The van der Waals surface area contributed by atoms with Crippen molar-refractivity contribution in [3.8, 4) is 0 Å². The molecule has 0 unspecified atom stereocenters. The van der Waals surface area contributed by atoms with Gasteiger partial charge in [0.1, 0.15) is 0 Å². The van der Waals surface area contributed by atoms with E-state index in [2.05, 4.69) is 36.3 Å². The minimum absolute atomic E-state index is 0.827. The third-order valence-electron chi connectivity index (χ3n) is 4.03. The Morgan fingerprint density at radius 1 is 1.32 bits per heavy atom. The standard InChI is InChI=1S/C16H25ClN2/c1-3-18-11-14-8-9-15(17)10-16(14)19(2)12-13-6-4-5-7-13/h8-10,13,18H,3-7,11-12H2,1-2H3. The third-order valence-corrected chi connectivity index (χ3v) is 4.27. The zero-order valence-electron chi connectivity index (χ0n) is 12.1. The summed E-state index contributed by atoms with van der Waals surface area (Å²) in [6.07, 6.45) is 5.57. The Morgan fingerprint density at radius 2 is 2.05 bits per heavy atom.